The van der Waals surface area contributed by atoms with Gasteiger partial charge >= 0.3 is 6.18 Å². The topological polar surface area (TPSA) is 32.3 Å². The molecule has 0 amide bonds. The Labute approximate surface area is 107 Å². The van der Waals surface area contributed by atoms with Crippen molar-refractivity contribution in [1.82, 2.24) is 5.32 Å². The van der Waals surface area contributed by atoms with Gasteiger partial charge in [0, 0.05) is 13.0 Å². The molecular weight excluding hydrogens is 269 g/mol. The van der Waals surface area contributed by atoms with Crippen molar-refractivity contribution in [3.63, 3.8) is 0 Å². The summed E-state index contributed by atoms with van der Waals surface area (Å²) in [5.41, 5.74) is 0.281. The lowest BCUT2D eigenvalue weighted by atomic mass is 10.2. The molecular formula is C12H14F5NO. The molecule has 19 heavy (non-hydrogen) atoms. The third kappa shape index (κ3) is 5.87. The van der Waals surface area contributed by atoms with Crippen LogP contribution >= 0.6 is 0 Å². The van der Waals surface area contributed by atoms with Crippen LogP contribution in [0, 0.1) is 11.6 Å². The van der Waals surface area contributed by atoms with Gasteiger partial charge in [0.25, 0.3) is 0 Å². The standard InChI is InChI=1S/C12H14F5NO/c13-9-5-8(6-10(14)11(9)19)7-18-4-2-1-3-12(15,16)17/h5-6,18-19H,1-4,7H2. The van der Waals surface area contributed by atoms with Crippen molar-refractivity contribution in [2.24, 2.45) is 0 Å². The molecule has 0 aliphatic rings. The second kappa shape index (κ2) is 6.70. The summed E-state index contributed by atoms with van der Waals surface area (Å²) in [6.07, 6.45) is -4.66. The first-order chi connectivity index (χ1) is 8.79. The number of nitrogens with one attached hydrogen (secondary N) is 1. The second-order valence-corrected chi connectivity index (χ2v) is 4.16. The van der Waals surface area contributed by atoms with E-state index in [1.54, 1.807) is 0 Å². The molecule has 0 bridgehead atoms. The molecule has 0 spiro atoms. The first-order valence-electron chi connectivity index (χ1n) is 5.74. The zero-order chi connectivity index (χ0) is 14.5. The number of aromatic hydroxyl groups is 1. The van der Waals surface area contributed by atoms with E-state index in [-0.39, 0.29) is 18.5 Å². The molecule has 1 aromatic carbocycles. The Morgan fingerprint density at radius 2 is 1.63 bits per heavy atom. The van der Waals surface area contributed by atoms with Gasteiger partial charge in [0.1, 0.15) is 0 Å². The number of alkyl halides is 3. The average molecular weight is 283 g/mol. The fraction of sp³-hybridized carbons (Fsp3) is 0.500. The largest absolute Gasteiger partial charge is 0.503 e. The Hall–Kier alpha value is -1.37. The number of phenolic OH excluding ortho intramolecular Hbond substituents is 1. The van der Waals surface area contributed by atoms with Crippen LogP contribution in [0.15, 0.2) is 12.1 Å². The minimum absolute atomic E-state index is 0.00873. The zero-order valence-electron chi connectivity index (χ0n) is 10.0. The normalized spacial score (nSPS) is 11.8. The minimum Gasteiger partial charge on any atom is -0.503 e. The smallest absolute Gasteiger partial charge is 0.389 e. The first kappa shape index (κ1) is 15.7. The molecule has 0 unspecified atom stereocenters. The number of halogens is 5. The molecule has 0 aliphatic heterocycles. The van der Waals surface area contributed by atoms with Crippen LogP contribution in [0.25, 0.3) is 0 Å². The van der Waals surface area contributed by atoms with Gasteiger partial charge in [-0.2, -0.15) is 13.2 Å². The van der Waals surface area contributed by atoms with Gasteiger partial charge in [0.2, 0.25) is 0 Å². The molecule has 1 aromatic rings. The molecule has 7 heteroatoms. The summed E-state index contributed by atoms with van der Waals surface area (Å²) in [7, 11) is 0. The van der Waals surface area contributed by atoms with Gasteiger partial charge in [0.05, 0.1) is 0 Å². The van der Waals surface area contributed by atoms with Crippen molar-refractivity contribution in [3.8, 4) is 5.75 Å². The van der Waals surface area contributed by atoms with Gasteiger partial charge in [0.15, 0.2) is 17.4 Å². The fourth-order valence-electron chi connectivity index (χ4n) is 1.53. The van der Waals surface area contributed by atoms with E-state index in [4.69, 9.17) is 5.11 Å². The summed E-state index contributed by atoms with van der Waals surface area (Å²) >= 11 is 0. The van der Waals surface area contributed by atoms with Gasteiger partial charge in [-0.15, -0.1) is 0 Å². The van der Waals surface area contributed by atoms with Crippen LogP contribution in [0.3, 0.4) is 0 Å². The molecule has 2 nitrogen and oxygen atoms in total. The fourth-order valence-corrected chi connectivity index (χ4v) is 1.53. The quantitative estimate of drug-likeness (QED) is 0.618. The minimum atomic E-state index is -4.15. The van der Waals surface area contributed by atoms with E-state index in [1.165, 1.54) is 0 Å². The summed E-state index contributed by atoms with van der Waals surface area (Å²) < 4.78 is 61.4. The van der Waals surface area contributed by atoms with Crippen molar-refractivity contribution >= 4 is 0 Å². The summed E-state index contributed by atoms with van der Waals surface area (Å²) in [6.45, 7) is 0.445. The summed E-state index contributed by atoms with van der Waals surface area (Å²) in [5, 5.41) is 11.7. The van der Waals surface area contributed by atoms with Crippen molar-refractivity contribution in [2.45, 2.75) is 32.0 Å². The highest BCUT2D eigenvalue weighted by Crippen LogP contribution is 2.22. The molecule has 0 radical (unpaired) electrons. The number of benzene rings is 1. The van der Waals surface area contributed by atoms with Gasteiger partial charge < -0.3 is 10.4 Å². The van der Waals surface area contributed by atoms with Crippen LogP contribution < -0.4 is 5.32 Å². The van der Waals surface area contributed by atoms with Crippen molar-refractivity contribution < 1.29 is 27.1 Å². The van der Waals surface area contributed by atoms with Gasteiger partial charge in [-0.1, -0.05) is 0 Å². The van der Waals surface area contributed by atoms with Crippen molar-refractivity contribution in [2.75, 3.05) is 6.54 Å². The number of hydrogen-bond donors (Lipinski definition) is 2. The van der Waals surface area contributed by atoms with Crippen molar-refractivity contribution in [3.05, 3.63) is 29.3 Å². The molecule has 0 atom stereocenters. The summed E-state index contributed by atoms with van der Waals surface area (Å²) in [6, 6.07) is 1.95. The number of phenols is 1. The Morgan fingerprint density at radius 1 is 1.05 bits per heavy atom. The summed E-state index contributed by atoms with van der Waals surface area (Å²) in [5.74, 6) is -3.16. The Kier molecular flexibility index (Phi) is 5.53. The first-order valence-corrected chi connectivity index (χ1v) is 5.74. The third-order valence-electron chi connectivity index (χ3n) is 2.47. The highest BCUT2D eigenvalue weighted by Gasteiger charge is 2.25. The maximum Gasteiger partial charge on any atom is 0.389 e. The highest BCUT2D eigenvalue weighted by atomic mass is 19.4. The van der Waals surface area contributed by atoms with E-state index >= 15 is 0 Å². The molecule has 108 valence electrons. The molecule has 0 aromatic heterocycles. The van der Waals surface area contributed by atoms with E-state index in [9.17, 15) is 22.0 Å². The Balaban J connectivity index is 2.27. The Morgan fingerprint density at radius 3 is 2.16 bits per heavy atom. The third-order valence-corrected chi connectivity index (χ3v) is 2.47. The van der Waals surface area contributed by atoms with Crippen LogP contribution in [0.4, 0.5) is 22.0 Å². The molecule has 2 N–H and O–H groups in total. The molecule has 1 rings (SSSR count). The number of rotatable bonds is 6. The van der Waals surface area contributed by atoms with Crippen LogP contribution in [0.2, 0.25) is 0 Å². The van der Waals surface area contributed by atoms with Gasteiger partial charge in [-0.05, 0) is 37.1 Å². The predicted octanol–water partition coefficient (Wildman–Crippen LogP) is 3.49. The molecule has 0 aliphatic carbocycles. The molecule has 0 heterocycles. The Bertz CT molecular complexity index is 396. The van der Waals surface area contributed by atoms with Gasteiger partial charge in [-0.3, -0.25) is 0 Å². The van der Waals surface area contributed by atoms with Crippen molar-refractivity contribution in [1.29, 1.82) is 0 Å². The van der Waals surface area contributed by atoms with E-state index < -0.39 is 30.0 Å². The number of hydrogen-bond acceptors (Lipinski definition) is 2. The molecule has 0 saturated heterocycles. The molecule has 0 fully saturated rings. The lowest BCUT2D eigenvalue weighted by molar-refractivity contribution is -0.135. The SMILES string of the molecule is Oc1c(F)cc(CNCCCCC(F)(F)F)cc1F. The second-order valence-electron chi connectivity index (χ2n) is 4.16. The average Bonchev–Trinajstić information content (AvgIpc) is 2.29. The van der Waals surface area contributed by atoms with Crippen LogP contribution in [-0.4, -0.2) is 17.8 Å². The highest BCUT2D eigenvalue weighted by molar-refractivity contribution is 5.29. The van der Waals surface area contributed by atoms with Crippen LogP contribution in [0.5, 0.6) is 5.75 Å². The lowest BCUT2D eigenvalue weighted by Gasteiger charge is -2.08. The predicted molar refractivity (Wildman–Crippen MR) is 59.6 cm³/mol. The number of unbranched alkanes of at least 4 members (excludes halogenated alkanes) is 1. The summed E-state index contributed by atoms with van der Waals surface area (Å²) in [4.78, 5) is 0. The van der Waals surface area contributed by atoms with E-state index in [0.29, 0.717) is 13.0 Å². The maximum atomic E-state index is 13.0. The van der Waals surface area contributed by atoms with E-state index in [1.807, 2.05) is 0 Å². The van der Waals surface area contributed by atoms with Crippen LogP contribution in [-0.2, 0) is 6.54 Å². The molecule has 0 saturated carbocycles. The van der Waals surface area contributed by atoms with Crippen LogP contribution in [0.1, 0.15) is 24.8 Å². The maximum absolute atomic E-state index is 13.0. The van der Waals surface area contributed by atoms with E-state index in [2.05, 4.69) is 5.32 Å². The zero-order valence-corrected chi connectivity index (χ0v) is 10.0. The lowest BCUT2D eigenvalue weighted by Crippen LogP contribution is -2.16. The monoisotopic (exact) mass is 283 g/mol. The van der Waals surface area contributed by atoms with Gasteiger partial charge in [-0.25, -0.2) is 8.78 Å². The van der Waals surface area contributed by atoms with E-state index in [0.717, 1.165) is 12.1 Å².